The Bertz CT molecular complexity index is 904. The van der Waals surface area contributed by atoms with Crippen LogP contribution < -0.4 is 14.8 Å². The number of benzene rings is 2. The lowest BCUT2D eigenvalue weighted by molar-refractivity contribution is -0.384. The topological polar surface area (TPSA) is 117 Å². The third-order valence-corrected chi connectivity index (χ3v) is 3.63. The van der Waals surface area contributed by atoms with Crippen molar-refractivity contribution in [3.8, 4) is 11.5 Å². The van der Waals surface area contributed by atoms with Crippen LogP contribution in [-0.2, 0) is 9.53 Å². The van der Waals surface area contributed by atoms with Gasteiger partial charge < -0.3 is 19.5 Å². The Labute approximate surface area is 163 Å². The average molecular weight is 410 g/mol. The van der Waals surface area contributed by atoms with Crippen molar-refractivity contribution < 1.29 is 37.5 Å². The number of hydrogen-bond acceptors (Lipinski definition) is 7. The maximum Gasteiger partial charge on any atom is 0.387 e. The molecule has 9 nitrogen and oxygen atoms in total. The van der Waals surface area contributed by atoms with E-state index < -0.39 is 35.2 Å². The molecule has 0 heterocycles. The van der Waals surface area contributed by atoms with E-state index in [1.807, 2.05) is 0 Å². The van der Waals surface area contributed by atoms with Crippen LogP contribution in [0.5, 0.6) is 11.5 Å². The molecule has 29 heavy (non-hydrogen) atoms. The number of esters is 1. The first-order chi connectivity index (χ1) is 13.7. The van der Waals surface area contributed by atoms with Crippen molar-refractivity contribution in [1.82, 2.24) is 0 Å². The van der Waals surface area contributed by atoms with Gasteiger partial charge in [0.25, 0.3) is 11.6 Å². The summed E-state index contributed by atoms with van der Waals surface area (Å²) in [5, 5.41) is 13.5. The summed E-state index contributed by atoms with van der Waals surface area (Å²) in [6.07, 6.45) is -1.29. The van der Waals surface area contributed by atoms with Crippen LogP contribution in [0.2, 0.25) is 0 Å². The van der Waals surface area contributed by atoms with E-state index in [1.165, 1.54) is 38.3 Å². The molecule has 0 saturated heterocycles. The number of halogens is 2. The molecule has 2 aromatic rings. The highest BCUT2D eigenvalue weighted by Gasteiger charge is 2.23. The molecular formula is C18H16F2N2O7. The van der Waals surface area contributed by atoms with E-state index in [4.69, 9.17) is 9.47 Å². The number of alkyl halides is 2. The fourth-order valence-electron chi connectivity index (χ4n) is 2.18. The van der Waals surface area contributed by atoms with Crippen LogP contribution in [0, 0.1) is 10.1 Å². The van der Waals surface area contributed by atoms with Crippen LogP contribution in [0.15, 0.2) is 42.5 Å². The summed E-state index contributed by atoms with van der Waals surface area (Å²) in [4.78, 5) is 34.8. The molecule has 0 aliphatic rings. The van der Waals surface area contributed by atoms with Gasteiger partial charge in [-0.1, -0.05) is 0 Å². The fourth-order valence-corrected chi connectivity index (χ4v) is 2.18. The second-order valence-corrected chi connectivity index (χ2v) is 5.58. The van der Waals surface area contributed by atoms with E-state index in [9.17, 15) is 28.5 Å². The lowest BCUT2D eigenvalue weighted by Gasteiger charge is -2.14. The van der Waals surface area contributed by atoms with Gasteiger partial charge in [-0.15, -0.1) is 0 Å². The number of carbonyl (C=O) groups excluding carboxylic acids is 2. The summed E-state index contributed by atoms with van der Waals surface area (Å²) in [5.41, 5.74) is -0.496. The monoisotopic (exact) mass is 410 g/mol. The molecule has 0 unspecified atom stereocenters. The summed E-state index contributed by atoms with van der Waals surface area (Å²) in [5.74, 6) is -1.60. The number of amides is 1. The van der Waals surface area contributed by atoms with Gasteiger partial charge in [-0.3, -0.25) is 14.9 Å². The normalized spacial score (nSPS) is 11.5. The number of rotatable bonds is 8. The number of carbonyl (C=O) groups is 2. The summed E-state index contributed by atoms with van der Waals surface area (Å²) >= 11 is 0. The first kappa shape index (κ1) is 21.5. The van der Waals surface area contributed by atoms with E-state index in [1.54, 1.807) is 0 Å². The molecule has 0 aliphatic heterocycles. The molecular weight excluding hydrogens is 394 g/mol. The highest BCUT2D eigenvalue weighted by atomic mass is 19.3. The number of nitro groups is 1. The van der Waals surface area contributed by atoms with Crippen LogP contribution in [0.3, 0.4) is 0 Å². The maximum absolute atomic E-state index is 12.2. The van der Waals surface area contributed by atoms with Gasteiger partial charge >= 0.3 is 12.6 Å². The molecule has 0 spiro atoms. The minimum atomic E-state index is -3.00. The van der Waals surface area contributed by atoms with E-state index in [0.717, 1.165) is 18.2 Å². The summed E-state index contributed by atoms with van der Waals surface area (Å²) in [7, 11) is 1.34. The average Bonchev–Trinajstić information content (AvgIpc) is 2.68. The zero-order valence-corrected chi connectivity index (χ0v) is 15.3. The van der Waals surface area contributed by atoms with Gasteiger partial charge in [-0.25, -0.2) is 4.79 Å². The molecule has 0 aliphatic carbocycles. The van der Waals surface area contributed by atoms with Crippen molar-refractivity contribution in [2.75, 3.05) is 12.4 Å². The Hall–Kier alpha value is -3.76. The predicted octanol–water partition coefficient (Wildman–Crippen LogP) is 3.39. The van der Waals surface area contributed by atoms with Crippen LogP contribution >= 0.6 is 0 Å². The van der Waals surface area contributed by atoms with Gasteiger partial charge in [0.2, 0.25) is 0 Å². The van der Waals surface area contributed by atoms with Crippen LogP contribution in [0.25, 0.3) is 0 Å². The lowest BCUT2D eigenvalue weighted by Crippen LogP contribution is -2.30. The Morgan fingerprint density at radius 2 is 1.72 bits per heavy atom. The number of nitrogens with one attached hydrogen (secondary N) is 1. The first-order valence-corrected chi connectivity index (χ1v) is 8.10. The third kappa shape index (κ3) is 5.86. The first-order valence-electron chi connectivity index (χ1n) is 8.10. The SMILES string of the molecule is COc1ccc(NC(=O)[C@H](C)OC(=O)c2ccc(OC(F)F)cc2)c([N+](=O)[O-])c1. The highest BCUT2D eigenvalue weighted by molar-refractivity contribution is 5.98. The van der Waals surface area contributed by atoms with E-state index >= 15 is 0 Å². The zero-order chi connectivity index (χ0) is 21.6. The molecule has 0 aromatic heterocycles. The van der Waals surface area contributed by atoms with Gasteiger partial charge in [-0.2, -0.15) is 8.78 Å². The van der Waals surface area contributed by atoms with Crippen molar-refractivity contribution >= 4 is 23.3 Å². The van der Waals surface area contributed by atoms with Crippen LogP contribution in [-0.4, -0.2) is 36.6 Å². The Balaban J connectivity index is 2.03. The Kier molecular flexibility index (Phi) is 7.01. The van der Waals surface area contributed by atoms with Crippen molar-refractivity contribution in [1.29, 1.82) is 0 Å². The molecule has 11 heteroatoms. The number of nitro benzene ring substituents is 1. The van der Waals surface area contributed by atoms with Gasteiger partial charge in [-0.05, 0) is 43.3 Å². The molecule has 0 radical (unpaired) electrons. The summed E-state index contributed by atoms with van der Waals surface area (Å²) in [6, 6.07) is 8.52. The number of methoxy groups -OCH3 is 1. The fraction of sp³-hybridized carbons (Fsp3) is 0.222. The second kappa shape index (κ2) is 9.44. The van der Waals surface area contributed by atoms with Gasteiger partial charge in [0.15, 0.2) is 6.10 Å². The lowest BCUT2D eigenvalue weighted by atomic mass is 10.2. The quantitative estimate of drug-likeness (QED) is 0.403. The molecule has 1 N–H and O–H groups in total. The van der Waals surface area contributed by atoms with Crippen molar-refractivity contribution in [3.63, 3.8) is 0 Å². The number of hydrogen-bond donors (Lipinski definition) is 1. The zero-order valence-electron chi connectivity index (χ0n) is 15.3. The third-order valence-electron chi connectivity index (χ3n) is 3.63. The van der Waals surface area contributed by atoms with Gasteiger partial charge in [0.1, 0.15) is 17.2 Å². The molecule has 0 fully saturated rings. The Morgan fingerprint density at radius 1 is 1.10 bits per heavy atom. The Morgan fingerprint density at radius 3 is 2.28 bits per heavy atom. The molecule has 154 valence electrons. The largest absolute Gasteiger partial charge is 0.496 e. The standard InChI is InChI=1S/C18H16F2N2O7/c1-10(28-17(24)11-3-5-12(6-4-11)29-18(19)20)16(23)21-14-8-7-13(27-2)9-15(14)22(25)26/h3-10,18H,1-2H3,(H,21,23)/t10-/m0/s1. The van der Waals surface area contributed by atoms with Crippen LogP contribution in [0.1, 0.15) is 17.3 Å². The molecule has 2 rings (SSSR count). The van der Waals surface area contributed by atoms with Crippen LogP contribution in [0.4, 0.5) is 20.2 Å². The summed E-state index contributed by atoms with van der Waals surface area (Å²) < 4.78 is 38.3. The minimum Gasteiger partial charge on any atom is -0.496 e. The number of nitrogens with zero attached hydrogens (tertiary/aromatic N) is 1. The smallest absolute Gasteiger partial charge is 0.387 e. The maximum atomic E-state index is 12.2. The van der Waals surface area contributed by atoms with E-state index in [-0.39, 0.29) is 22.7 Å². The minimum absolute atomic E-state index is 0.00157. The van der Waals surface area contributed by atoms with E-state index in [0.29, 0.717) is 0 Å². The molecule has 0 bridgehead atoms. The van der Waals surface area contributed by atoms with Gasteiger partial charge in [0.05, 0.1) is 23.7 Å². The van der Waals surface area contributed by atoms with E-state index in [2.05, 4.69) is 10.1 Å². The van der Waals surface area contributed by atoms with Crippen molar-refractivity contribution in [2.24, 2.45) is 0 Å². The van der Waals surface area contributed by atoms with Gasteiger partial charge in [0, 0.05) is 0 Å². The molecule has 1 amide bonds. The molecule has 0 saturated carbocycles. The number of ether oxygens (including phenoxy) is 3. The predicted molar refractivity (Wildman–Crippen MR) is 96.2 cm³/mol. The number of anilines is 1. The van der Waals surface area contributed by atoms with Crippen molar-refractivity contribution in [2.45, 2.75) is 19.6 Å². The molecule has 1 atom stereocenters. The second-order valence-electron chi connectivity index (χ2n) is 5.58. The molecule has 2 aromatic carbocycles. The van der Waals surface area contributed by atoms with Crippen molar-refractivity contribution in [3.05, 3.63) is 58.1 Å². The highest BCUT2D eigenvalue weighted by Crippen LogP contribution is 2.29. The summed E-state index contributed by atoms with van der Waals surface area (Å²) in [6.45, 7) is -1.73.